The first-order chi connectivity index (χ1) is 12.2. The Hall–Kier alpha value is -0.856. The van der Waals surface area contributed by atoms with E-state index in [0.29, 0.717) is 23.5 Å². The number of halogens is 2. The van der Waals surface area contributed by atoms with Crippen molar-refractivity contribution in [3.63, 3.8) is 0 Å². The number of phenols is 1. The Morgan fingerprint density at radius 3 is 1.59 bits per heavy atom. The van der Waals surface area contributed by atoms with Gasteiger partial charge >= 0.3 is 21.7 Å². The first-order valence-electron chi connectivity index (χ1n) is 9.70. The molecule has 0 saturated heterocycles. The zero-order valence-corrected chi connectivity index (χ0v) is 21.6. The number of para-hydroxylation sites is 1. The molecule has 0 amide bonds. The molecule has 0 aliphatic heterocycles. The minimum absolute atomic E-state index is 0. The van der Waals surface area contributed by atoms with Crippen LogP contribution in [0.1, 0.15) is 81.5 Å². The Kier molecular flexibility index (Phi) is 14.1. The van der Waals surface area contributed by atoms with Crippen LogP contribution in [0.25, 0.3) is 10.8 Å². The maximum absolute atomic E-state index is 9.93. The van der Waals surface area contributed by atoms with E-state index < -0.39 is 0 Å². The number of hydrogen-bond donors (Lipinski definition) is 1. The average Bonchev–Trinajstić information content (AvgIpc) is 2.94. The van der Waals surface area contributed by atoms with Crippen molar-refractivity contribution < 1.29 is 51.6 Å². The van der Waals surface area contributed by atoms with Gasteiger partial charge in [-0.25, -0.2) is 0 Å². The number of hydrogen-bond acceptors (Lipinski definition) is 1. The fourth-order valence-electron chi connectivity index (χ4n) is 3.42. The monoisotopic (exact) mass is 467 g/mol. The molecule has 4 heteroatoms. The van der Waals surface area contributed by atoms with Crippen molar-refractivity contribution in [3.05, 3.63) is 70.8 Å². The van der Waals surface area contributed by atoms with Crippen LogP contribution >= 0.6 is 0 Å². The quantitative estimate of drug-likeness (QED) is 0.458. The number of rotatable bonds is 3. The van der Waals surface area contributed by atoms with E-state index >= 15 is 0 Å². The third-order valence-electron chi connectivity index (χ3n) is 4.89. The van der Waals surface area contributed by atoms with E-state index in [1.54, 1.807) is 0 Å². The summed E-state index contributed by atoms with van der Waals surface area (Å²) >= 11 is 0. The molecule has 1 nitrogen and oxygen atoms in total. The molecule has 0 bridgehead atoms. The van der Waals surface area contributed by atoms with Gasteiger partial charge in [0.25, 0.3) is 0 Å². The minimum atomic E-state index is 0. The second-order valence-corrected chi connectivity index (χ2v) is 8.13. The zero-order valence-electron chi connectivity index (χ0n) is 18.6. The molecule has 0 aliphatic carbocycles. The van der Waals surface area contributed by atoms with Crippen molar-refractivity contribution in [2.24, 2.45) is 0 Å². The second-order valence-electron chi connectivity index (χ2n) is 8.13. The van der Waals surface area contributed by atoms with E-state index in [1.807, 2.05) is 18.2 Å². The molecule has 0 saturated carbocycles. The van der Waals surface area contributed by atoms with Crippen LogP contribution in [0.5, 0.6) is 5.75 Å². The topological polar surface area (TPSA) is 20.2 Å². The van der Waals surface area contributed by atoms with Gasteiger partial charge in [-0.05, 0) is 28.9 Å². The van der Waals surface area contributed by atoms with Crippen molar-refractivity contribution in [2.75, 3.05) is 0 Å². The van der Waals surface area contributed by atoms with Gasteiger partial charge in [-0.15, -0.1) is 34.5 Å². The van der Waals surface area contributed by atoms with Crippen LogP contribution in [0.3, 0.4) is 0 Å². The SMILES string of the molecule is CC(C)c1cccc(C(C)C)c1O.Cc1cc2c(C(C)C)cccc2[cH-]1.[Cl-].[Cl-].[Ti+3]. The van der Waals surface area contributed by atoms with Crippen LogP contribution in [0.2, 0.25) is 0 Å². The Labute approximate surface area is 204 Å². The molecule has 0 heterocycles. The summed E-state index contributed by atoms with van der Waals surface area (Å²) in [5, 5.41) is 12.7. The van der Waals surface area contributed by atoms with Gasteiger partial charge in [0.15, 0.2) is 0 Å². The number of benzene rings is 2. The van der Waals surface area contributed by atoms with Gasteiger partial charge < -0.3 is 29.9 Å². The Balaban J connectivity index is 0. The first-order valence-corrected chi connectivity index (χ1v) is 9.70. The maximum atomic E-state index is 9.93. The van der Waals surface area contributed by atoms with Gasteiger partial charge in [0.2, 0.25) is 0 Å². The molecule has 0 spiro atoms. The number of aryl methyl sites for hydroxylation is 1. The van der Waals surface area contributed by atoms with Crippen molar-refractivity contribution in [2.45, 2.75) is 66.2 Å². The minimum Gasteiger partial charge on any atom is -1.00 e. The summed E-state index contributed by atoms with van der Waals surface area (Å²) in [6.45, 7) is 15.0. The van der Waals surface area contributed by atoms with Crippen LogP contribution in [-0.4, -0.2) is 5.11 Å². The molecule has 0 unspecified atom stereocenters. The summed E-state index contributed by atoms with van der Waals surface area (Å²) in [7, 11) is 0. The van der Waals surface area contributed by atoms with Gasteiger partial charge in [-0.2, -0.15) is 6.07 Å². The van der Waals surface area contributed by atoms with Crippen molar-refractivity contribution in [3.8, 4) is 5.75 Å². The third kappa shape index (κ3) is 7.72. The number of phenolic OH excluding ortho intramolecular Hbond substituents is 1. The third-order valence-corrected chi connectivity index (χ3v) is 4.89. The first kappa shape index (κ1) is 30.3. The van der Waals surface area contributed by atoms with Gasteiger partial charge in [-0.1, -0.05) is 78.3 Å². The van der Waals surface area contributed by atoms with Crippen LogP contribution in [-0.2, 0) is 21.7 Å². The van der Waals surface area contributed by atoms with Crippen LogP contribution in [0, 0.1) is 6.92 Å². The molecule has 0 atom stereocenters. The molecular formula is C25H33Cl2OTi. The van der Waals surface area contributed by atoms with E-state index in [0.717, 1.165) is 11.1 Å². The molecule has 3 aromatic rings. The van der Waals surface area contributed by atoms with E-state index in [4.69, 9.17) is 0 Å². The van der Waals surface area contributed by atoms with Crippen LogP contribution in [0.4, 0.5) is 0 Å². The van der Waals surface area contributed by atoms with Gasteiger partial charge in [0, 0.05) is 0 Å². The fraction of sp³-hybridized carbons (Fsp3) is 0.400. The normalized spacial score (nSPS) is 10.1. The van der Waals surface area contributed by atoms with Crippen LogP contribution < -0.4 is 24.8 Å². The van der Waals surface area contributed by atoms with E-state index in [2.05, 4.69) is 78.8 Å². The van der Waals surface area contributed by atoms with E-state index in [-0.39, 0.29) is 46.5 Å². The number of fused-ring (bicyclic) bond motifs is 1. The Morgan fingerprint density at radius 1 is 0.724 bits per heavy atom. The standard InChI is InChI=1S/C13H15.C12H18O.2ClH.Ti/c1-9(2)12-6-4-5-11-7-10(3)8-13(11)12;1-8(2)10-6-5-7-11(9(3)4)12(10)13;;;/h4-9H,1-3H3;5-9,13H,1-4H3;2*1H;/q-1;;;;+3/p-2. The molecule has 0 aliphatic rings. The average molecular weight is 468 g/mol. The molecule has 29 heavy (non-hydrogen) atoms. The van der Waals surface area contributed by atoms with Gasteiger partial charge in [-0.3, -0.25) is 0 Å². The maximum Gasteiger partial charge on any atom is 3.00 e. The molecule has 0 aromatic heterocycles. The molecule has 3 rings (SSSR count). The second kappa shape index (κ2) is 13.4. The van der Waals surface area contributed by atoms with Gasteiger partial charge in [0.05, 0.1) is 0 Å². The summed E-state index contributed by atoms with van der Waals surface area (Å²) < 4.78 is 0. The largest absolute Gasteiger partial charge is 3.00 e. The fourth-order valence-corrected chi connectivity index (χ4v) is 3.42. The van der Waals surface area contributed by atoms with E-state index in [1.165, 1.54) is 21.9 Å². The number of aromatic hydroxyl groups is 1. The van der Waals surface area contributed by atoms with Gasteiger partial charge in [0.1, 0.15) is 5.75 Å². The summed E-state index contributed by atoms with van der Waals surface area (Å²) in [5.41, 5.74) is 4.92. The molecule has 3 aromatic carbocycles. The Morgan fingerprint density at radius 2 is 1.14 bits per heavy atom. The molecule has 1 radical (unpaired) electrons. The molecular weight excluding hydrogens is 435 g/mol. The summed E-state index contributed by atoms with van der Waals surface area (Å²) in [5.74, 6) is 1.87. The smallest absolute Gasteiger partial charge is 1.00 e. The summed E-state index contributed by atoms with van der Waals surface area (Å²) in [4.78, 5) is 0. The summed E-state index contributed by atoms with van der Waals surface area (Å²) in [6, 6.07) is 17.1. The predicted octanol–water partition coefficient (Wildman–Crippen LogP) is 1.64. The molecule has 0 fully saturated rings. The molecule has 1 N–H and O–H groups in total. The summed E-state index contributed by atoms with van der Waals surface area (Å²) in [6.07, 6.45) is 0. The van der Waals surface area contributed by atoms with Crippen molar-refractivity contribution >= 4 is 10.8 Å². The predicted molar refractivity (Wildman–Crippen MR) is 115 cm³/mol. The van der Waals surface area contributed by atoms with Crippen LogP contribution in [0.15, 0.2) is 48.5 Å². The van der Waals surface area contributed by atoms with E-state index in [9.17, 15) is 5.11 Å². The van der Waals surface area contributed by atoms with Crippen molar-refractivity contribution in [1.29, 1.82) is 0 Å². The Bertz CT molecular complexity index is 840. The zero-order chi connectivity index (χ0) is 19.4. The molecule has 157 valence electrons. The van der Waals surface area contributed by atoms with Crippen molar-refractivity contribution in [1.82, 2.24) is 0 Å².